The molecule has 2 rings (SSSR count). The zero-order valence-electron chi connectivity index (χ0n) is 16.4. The molecule has 1 aromatic rings. The van der Waals surface area contributed by atoms with Crippen molar-refractivity contribution in [1.82, 2.24) is 5.32 Å². The number of methoxy groups -OCH3 is 3. The van der Waals surface area contributed by atoms with Crippen LogP contribution in [0.5, 0.6) is 11.5 Å². The number of nitrogens with zero attached hydrogens (tertiary/aromatic N) is 2. The van der Waals surface area contributed by atoms with E-state index in [0.717, 1.165) is 0 Å². The molecule has 28 heavy (non-hydrogen) atoms. The number of nitrogens with one attached hydrogen (secondary N) is 1. The summed E-state index contributed by atoms with van der Waals surface area (Å²) in [5, 5.41) is 10.9. The predicted octanol–water partition coefficient (Wildman–Crippen LogP) is 2.78. The van der Waals surface area contributed by atoms with Gasteiger partial charge >= 0.3 is 5.97 Å². The van der Waals surface area contributed by atoms with E-state index in [1.54, 1.807) is 25.3 Å². The second-order valence-electron chi connectivity index (χ2n) is 6.39. The van der Waals surface area contributed by atoms with Gasteiger partial charge in [0.25, 0.3) is 0 Å². The largest absolute Gasteiger partial charge is 0.497 e. The van der Waals surface area contributed by atoms with Crippen molar-refractivity contribution >= 4 is 11.9 Å². The Morgan fingerprint density at radius 1 is 1.21 bits per heavy atom. The number of amides is 1. The summed E-state index contributed by atoms with van der Waals surface area (Å²) >= 11 is 0. The monoisotopic (exact) mass is 387 g/mol. The molecule has 8 heteroatoms. The van der Waals surface area contributed by atoms with Crippen molar-refractivity contribution in [3.8, 4) is 23.8 Å². The molecule has 1 aliphatic rings. The third-order valence-corrected chi connectivity index (χ3v) is 4.55. The number of hydrogen-bond acceptors (Lipinski definition) is 7. The number of hydrogen-bond donors (Lipinski definition) is 1. The molecule has 0 spiro atoms. The van der Waals surface area contributed by atoms with Gasteiger partial charge in [0.15, 0.2) is 5.66 Å². The van der Waals surface area contributed by atoms with Gasteiger partial charge in [0.2, 0.25) is 5.91 Å². The van der Waals surface area contributed by atoms with Gasteiger partial charge in [0.1, 0.15) is 11.5 Å². The minimum atomic E-state index is -0.601. The van der Waals surface area contributed by atoms with E-state index in [2.05, 4.69) is 21.5 Å². The molecule has 1 N–H and O–H groups in total. The topological polar surface area (TPSA) is 98.6 Å². The fraction of sp³-hybridized carbons (Fsp3) is 0.500. The van der Waals surface area contributed by atoms with Crippen LogP contribution in [-0.2, 0) is 14.3 Å². The maximum atomic E-state index is 12.5. The summed E-state index contributed by atoms with van der Waals surface area (Å²) in [5.74, 6) is 3.01. The number of rotatable bonds is 11. The molecular formula is C20H25N3O5. The van der Waals surface area contributed by atoms with Crippen LogP contribution < -0.4 is 14.8 Å². The van der Waals surface area contributed by atoms with Crippen LogP contribution in [0.25, 0.3) is 0 Å². The number of carbonyl (C=O) groups is 2. The van der Waals surface area contributed by atoms with E-state index in [-0.39, 0.29) is 18.7 Å². The number of esters is 1. The first-order chi connectivity index (χ1) is 13.5. The summed E-state index contributed by atoms with van der Waals surface area (Å²) < 4.78 is 15.4. The molecule has 1 atom stereocenters. The van der Waals surface area contributed by atoms with Crippen molar-refractivity contribution in [2.45, 2.75) is 43.8 Å². The normalized spacial score (nSPS) is 14.5. The smallest absolute Gasteiger partial charge is 0.307 e. The second kappa shape index (κ2) is 9.74. The zero-order valence-corrected chi connectivity index (χ0v) is 16.4. The Morgan fingerprint density at radius 3 is 2.54 bits per heavy atom. The van der Waals surface area contributed by atoms with Crippen LogP contribution in [0.2, 0.25) is 0 Å². The van der Waals surface area contributed by atoms with E-state index in [0.29, 0.717) is 36.3 Å². The predicted molar refractivity (Wildman–Crippen MR) is 102 cm³/mol. The lowest BCUT2D eigenvalue weighted by Gasteiger charge is -2.21. The van der Waals surface area contributed by atoms with Crippen molar-refractivity contribution in [3.05, 3.63) is 23.8 Å². The molecule has 1 aliphatic heterocycles. The molecule has 1 amide bonds. The highest BCUT2D eigenvalue weighted by atomic mass is 16.5. The summed E-state index contributed by atoms with van der Waals surface area (Å²) in [6, 6.07) is 4.59. The molecule has 0 radical (unpaired) electrons. The van der Waals surface area contributed by atoms with Gasteiger partial charge in [-0.1, -0.05) is 0 Å². The molecule has 0 aliphatic carbocycles. The van der Waals surface area contributed by atoms with Gasteiger partial charge in [-0.15, -0.1) is 12.3 Å². The van der Waals surface area contributed by atoms with E-state index in [4.69, 9.17) is 20.6 Å². The number of terminal acetylenes is 1. The van der Waals surface area contributed by atoms with Gasteiger partial charge in [0, 0.05) is 37.3 Å². The lowest BCUT2D eigenvalue weighted by atomic mass is 10.00. The number of carbonyl (C=O) groups excluding carboxylic acids is 2. The highest BCUT2D eigenvalue weighted by Crippen LogP contribution is 2.38. The maximum absolute atomic E-state index is 12.5. The highest BCUT2D eigenvalue weighted by molar-refractivity contribution is 5.78. The summed E-state index contributed by atoms with van der Waals surface area (Å²) in [5.41, 5.74) is 0.129. The maximum Gasteiger partial charge on any atom is 0.307 e. The first-order valence-corrected chi connectivity index (χ1v) is 8.92. The van der Waals surface area contributed by atoms with Gasteiger partial charge in [-0.05, 0) is 12.1 Å². The molecule has 0 fully saturated rings. The third kappa shape index (κ3) is 5.71. The second-order valence-corrected chi connectivity index (χ2v) is 6.39. The van der Waals surface area contributed by atoms with Crippen LogP contribution in [0.15, 0.2) is 28.4 Å². The Balaban J connectivity index is 2.08. The van der Waals surface area contributed by atoms with Gasteiger partial charge in [0.05, 0.1) is 33.8 Å². The van der Waals surface area contributed by atoms with E-state index < -0.39 is 17.7 Å². The van der Waals surface area contributed by atoms with E-state index in [1.807, 2.05) is 0 Å². The minimum absolute atomic E-state index is 0.0259. The molecule has 1 aromatic carbocycles. The van der Waals surface area contributed by atoms with Crippen LogP contribution in [0.3, 0.4) is 0 Å². The van der Waals surface area contributed by atoms with Crippen molar-refractivity contribution < 1.29 is 23.8 Å². The van der Waals surface area contributed by atoms with Crippen LogP contribution in [0.4, 0.5) is 0 Å². The average molecular weight is 387 g/mol. The third-order valence-electron chi connectivity index (χ3n) is 4.55. The molecular weight excluding hydrogens is 362 g/mol. The molecule has 0 bridgehead atoms. The Bertz CT molecular complexity index is 779. The number of benzene rings is 1. The van der Waals surface area contributed by atoms with Crippen molar-refractivity contribution in [1.29, 1.82) is 0 Å². The minimum Gasteiger partial charge on any atom is -0.497 e. The van der Waals surface area contributed by atoms with Crippen LogP contribution in [0.1, 0.15) is 43.7 Å². The molecule has 150 valence electrons. The first kappa shape index (κ1) is 21.2. The molecule has 0 saturated carbocycles. The van der Waals surface area contributed by atoms with E-state index in [1.165, 1.54) is 14.2 Å². The molecule has 8 nitrogen and oxygen atoms in total. The zero-order chi connectivity index (χ0) is 20.6. The Morgan fingerprint density at radius 2 is 1.96 bits per heavy atom. The lowest BCUT2D eigenvalue weighted by molar-refractivity contribution is -0.141. The lowest BCUT2D eigenvalue weighted by Crippen LogP contribution is -2.31. The molecule has 1 heterocycles. The Labute approximate surface area is 164 Å². The highest BCUT2D eigenvalue weighted by Gasteiger charge is 2.39. The standard InChI is InChI=1S/C20H25N3O5/c1-5-6-10-20(22-23-20)11-9-18(24)21-16(13-19(25)28-4)15-8-7-14(26-2)12-17(15)27-3/h1,7-8,12,16H,6,9-11,13H2,2-4H3,(H,21,24). The Kier molecular flexibility index (Phi) is 7.38. The average Bonchev–Trinajstić information content (AvgIpc) is 3.49. The first-order valence-electron chi connectivity index (χ1n) is 8.92. The summed E-state index contributed by atoms with van der Waals surface area (Å²) in [7, 11) is 4.37. The van der Waals surface area contributed by atoms with E-state index in [9.17, 15) is 9.59 Å². The van der Waals surface area contributed by atoms with Crippen LogP contribution in [0, 0.1) is 12.3 Å². The van der Waals surface area contributed by atoms with Gasteiger partial charge in [-0.25, -0.2) is 0 Å². The molecule has 0 saturated heterocycles. The summed E-state index contributed by atoms with van der Waals surface area (Å²) in [4.78, 5) is 24.4. The summed E-state index contributed by atoms with van der Waals surface area (Å²) in [6.45, 7) is 0. The quantitative estimate of drug-likeness (QED) is 0.465. The molecule has 1 unspecified atom stereocenters. The van der Waals surface area contributed by atoms with Crippen molar-refractivity contribution in [2.75, 3.05) is 21.3 Å². The van der Waals surface area contributed by atoms with Crippen molar-refractivity contribution in [3.63, 3.8) is 0 Å². The van der Waals surface area contributed by atoms with E-state index >= 15 is 0 Å². The van der Waals surface area contributed by atoms with Crippen LogP contribution >= 0.6 is 0 Å². The summed E-state index contributed by atoms with van der Waals surface area (Å²) in [6.07, 6.45) is 7.14. The van der Waals surface area contributed by atoms with Gasteiger partial charge in [-0.2, -0.15) is 10.2 Å². The van der Waals surface area contributed by atoms with Gasteiger partial charge < -0.3 is 19.5 Å². The van der Waals surface area contributed by atoms with Crippen molar-refractivity contribution in [2.24, 2.45) is 10.2 Å². The van der Waals surface area contributed by atoms with Gasteiger partial charge in [-0.3, -0.25) is 9.59 Å². The Hall–Kier alpha value is -3.08. The molecule has 0 aromatic heterocycles. The SMILES string of the molecule is C#CCCC1(CCC(=O)NC(CC(=O)OC)c2ccc(OC)cc2OC)N=N1. The fourth-order valence-electron chi connectivity index (χ4n) is 2.84. The van der Waals surface area contributed by atoms with Crippen LogP contribution in [-0.4, -0.2) is 38.9 Å². The number of ether oxygens (including phenoxy) is 3. The fourth-order valence-corrected chi connectivity index (χ4v) is 2.84.